The van der Waals surface area contributed by atoms with Gasteiger partial charge in [-0.1, -0.05) is 18.2 Å². The fourth-order valence-electron chi connectivity index (χ4n) is 3.09. The summed E-state index contributed by atoms with van der Waals surface area (Å²) in [6.07, 6.45) is -1.41. The summed E-state index contributed by atoms with van der Waals surface area (Å²) in [6.45, 7) is 0.694. The minimum atomic E-state index is -4.09. The molecule has 2 nitrogen and oxygen atoms in total. The maximum atomic E-state index is 12.7. The van der Waals surface area contributed by atoms with Crippen LogP contribution in [0.4, 0.5) is 13.2 Å². The molecular formula is C15H18F3NO. The van der Waals surface area contributed by atoms with Crippen molar-refractivity contribution in [2.75, 3.05) is 13.2 Å². The predicted molar refractivity (Wildman–Crippen MR) is 69.8 cm³/mol. The summed E-state index contributed by atoms with van der Waals surface area (Å²) in [4.78, 5) is 0. The summed E-state index contributed by atoms with van der Waals surface area (Å²) in [6, 6.07) is 5.96. The van der Waals surface area contributed by atoms with Gasteiger partial charge in [0.2, 0.25) is 0 Å². The second-order valence-electron chi connectivity index (χ2n) is 5.56. The van der Waals surface area contributed by atoms with E-state index in [2.05, 4.69) is 5.32 Å². The van der Waals surface area contributed by atoms with E-state index >= 15 is 0 Å². The number of para-hydroxylation sites is 1. The Morgan fingerprint density at radius 1 is 1.20 bits per heavy atom. The van der Waals surface area contributed by atoms with Gasteiger partial charge in [-0.25, -0.2) is 0 Å². The van der Waals surface area contributed by atoms with Crippen molar-refractivity contribution in [3.05, 3.63) is 29.3 Å². The Balaban J connectivity index is 1.76. The third-order valence-electron chi connectivity index (χ3n) is 4.22. The van der Waals surface area contributed by atoms with Crippen LogP contribution in [-0.2, 0) is 6.42 Å². The van der Waals surface area contributed by atoms with Crippen molar-refractivity contribution in [2.45, 2.75) is 37.9 Å². The summed E-state index contributed by atoms with van der Waals surface area (Å²) >= 11 is 0. The highest BCUT2D eigenvalue weighted by atomic mass is 19.4. The van der Waals surface area contributed by atoms with Crippen LogP contribution in [0.2, 0.25) is 0 Å². The normalized spacial score (nSPS) is 26.8. The maximum absolute atomic E-state index is 12.7. The number of hydrogen-bond acceptors (Lipinski definition) is 2. The zero-order valence-corrected chi connectivity index (χ0v) is 11.2. The number of nitrogens with one attached hydrogen (secondary N) is 1. The van der Waals surface area contributed by atoms with E-state index in [1.54, 1.807) is 0 Å². The van der Waals surface area contributed by atoms with Crippen LogP contribution in [0, 0.1) is 5.92 Å². The van der Waals surface area contributed by atoms with E-state index < -0.39 is 12.1 Å². The van der Waals surface area contributed by atoms with Crippen LogP contribution in [0.25, 0.3) is 0 Å². The minimum Gasteiger partial charge on any atom is -0.493 e. The highest BCUT2D eigenvalue weighted by molar-refractivity contribution is 5.44. The molecule has 110 valence electrons. The molecule has 1 aromatic carbocycles. The Hall–Kier alpha value is -1.23. The molecule has 3 rings (SSSR count). The monoisotopic (exact) mass is 285 g/mol. The Labute approximate surface area is 116 Å². The van der Waals surface area contributed by atoms with E-state index in [4.69, 9.17) is 4.74 Å². The number of aryl methyl sites for hydroxylation is 1. The van der Waals surface area contributed by atoms with Crippen molar-refractivity contribution < 1.29 is 17.9 Å². The molecule has 1 fully saturated rings. The van der Waals surface area contributed by atoms with Crippen LogP contribution in [0.1, 0.15) is 36.4 Å². The average Bonchev–Trinajstić information content (AvgIpc) is 2.46. The van der Waals surface area contributed by atoms with Crippen LogP contribution in [-0.4, -0.2) is 19.3 Å². The zero-order valence-electron chi connectivity index (χ0n) is 11.2. The molecule has 2 heterocycles. The molecule has 0 aliphatic carbocycles. The van der Waals surface area contributed by atoms with E-state index in [1.165, 1.54) is 5.56 Å². The Bertz CT molecular complexity index is 478. The van der Waals surface area contributed by atoms with E-state index in [0.29, 0.717) is 13.0 Å². The molecule has 2 aliphatic rings. The molecule has 0 radical (unpaired) electrons. The van der Waals surface area contributed by atoms with Gasteiger partial charge in [0.1, 0.15) is 5.75 Å². The van der Waals surface area contributed by atoms with Gasteiger partial charge in [-0.05, 0) is 31.2 Å². The van der Waals surface area contributed by atoms with Crippen LogP contribution in [0.5, 0.6) is 5.75 Å². The molecule has 1 aromatic rings. The molecule has 2 aliphatic heterocycles. The molecule has 0 amide bonds. The lowest BCUT2D eigenvalue weighted by Crippen LogP contribution is -2.40. The van der Waals surface area contributed by atoms with Crippen molar-refractivity contribution in [1.82, 2.24) is 5.32 Å². The fraction of sp³-hybridized carbons (Fsp3) is 0.600. The number of rotatable bonds is 1. The lowest BCUT2D eigenvalue weighted by atomic mass is 9.88. The van der Waals surface area contributed by atoms with Gasteiger partial charge < -0.3 is 10.1 Å². The molecule has 0 saturated carbocycles. The number of halogens is 3. The quantitative estimate of drug-likeness (QED) is 0.851. The highest BCUT2D eigenvalue weighted by Crippen LogP contribution is 2.39. The SMILES string of the molecule is FC(F)(F)C1CCC(c2cccc3c2OCCC3)NC1. The second kappa shape index (κ2) is 5.28. The van der Waals surface area contributed by atoms with Crippen LogP contribution in [0.3, 0.4) is 0 Å². The van der Waals surface area contributed by atoms with Crippen LogP contribution < -0.4 is 10.1 Å². The highest BCUT2D eigenvalue weighted by Gasteiger charge is 2.42. The molecule has 1 saturated heterocycles. The largest absolute Gasteiger partial charge is 0.493 e. The minimum absolute atomic E-state index is 0.00215. The lowest BCUT2D eigenvalue weighted by Gasteiger charge is -2.33. The summed E-state index contributed by atoms with van der Waals surface area (Å²) in [5, 5.41) is 3.04. The van der Waals surface area contributed by atoms with Crippen molar-refractivity contribution in [1.29, 1.82) is 0 Å². The number of alkyl halides is 3. The van der Waals surface area contributed by atoms with E-state index in [9.17, 15) is 13.2 Å². The smallest absolute Gasteiger partial charge is 0.393 e. The Morgan fingerprint density at radius 2 is 2.05 bits per heavy atom. The predicted octanol–water partition coefficient (Wildman–Crippen LogP) is 3.61. The van der Waals surface area contributed by atoms with Crippen molar-refractivity contribution in [3.63, 3.8) is 0 Å². The third kappa shape index (κ3) is 2.64. The molecule has 20 heavy (non-hydrogen) atoms. The molecule has 0 spiro atoms. The summed E-state index contributed by atoms with van der Waals surface area (Å²) < 4.78 is 43.8. The topological polar surface area (TPSA) is 21.3 Å². The Morgan fingerprint density at radius 3 is 2.75 bits per heavy atom. The lowest BCUT2D eigenvalue weighted by molar-refractivity contribution is -0.179. The molecule has 0 bridgehead atoms. The maximum Gasteiger partial charge on any atom is 0.393 e. The van der Waals surface area contributed by atoms with Gasteiger partial charge in [0, 0.05) is 18.2 Å². The van der Waals surface area contributed by atoms with Gasteiger partial charge in [-0.2, -0.15) is 13.2 Å². The fourth-order valence-corrected chi connectivity index (χ4v) is 3.09. The summed E-state index contributed by atoms with van der Waals surface area (Å²) in [5.41, 5.74) is 2.19. The van der Waals surface area contributed by atoms with Gasteiger partial charge in [0.05, 0.1) is 12.5 Å². The second-order valence-corrected chi connectivity index (χ2v) is 5.56. The van der Waals surface area contributed by atoms with Crippen LogP contribution >= 0.6 is 0 Å². The first-order chi connectivity index (χ1) is 9.55. The first-order valence-electron chi connectivity index (χ1n) is 7.10. The van der Waals surface area contributed by atoms with Crippen molar-refractivity contribution in [3.8, 4) is 5.75 Å². The zero-order chi connectivity index (χ0) is 14.2. The third-order valence-corrected chi connectivity index (χ3v) is 4.22. The number of benzene rings is 1. The van der Waals surface area contributed by atoms with Crippen molar-refractivity contribution >= 4 is 0 Å². The number of piperidine rings is 1. The summed E-state index contributed by atoms with van der Waals surface area (Å²) in [5.74, 6) is -0.332. The molecule has 5 heteroatoms. The number of fused-ring (bicyclic) bond motifs is 1. The van der Waals surface area contributed by atoms with E-state index in [0.717, 1.165) is 24.2 Å². The molecule has 2 unspecified atom stereocenters. The van der Waals surface area contributed by atoms with Crippen LogP contribution in [0.15, 0.2) is 18.2 Å². The van der Waals surface area contributed by atoms with Crippen molar-refractivity contribution in [2.24, 2.45) is 5.92 Å². The van der Waals surface area contributed by atoms with Gasteiger partial charge in [-0.15, -0.1) is 0 Å². The number of ether oxygens (including phenoxy) is 1. The molecule has 0 aromatic heterocycles. The first kappa shape index (κ1) is 13.7. The molecule has 1 N–H and O–H groups in total. The standard InChI is InChI=1S/C15H18F3NO/c16-15(17,18)11-6-7-13(19-9-11)12-5-1-3-10-4-2-8-20-14(10)12/h1,3,5,11,13,19H,2,4,6-9H2. The molecule has 2 atom stereocenters. The first-order valence-corrected chi connectivity index (χ1v) is 7.10. The summed E-state index contributed by atoms with van der Waals surface area (Å²) in [7, 11) is 0. The van der Waals surface area contributed by atoms with Gasteiger partial charge in [0.25, 0.3) is 0 Å². The van der Waals surface area contributed by atoms with E-state index in [-0.39, 0.29) is 19.0 Å². The Kier molecular flexibility index (Phi) is 3.63. The molecular weight excluding hydrogens is 267 g/mol. The van der Waals surface area contributed by atoms with Gasteiger partial charge in [-0.3, -0.25) is 0 Å². The number of hydrogen-bond donors (Lipinski definition) is 1. The van der Waals surface area contributed by atoms with Gasteiger partial charge in [0.15, 0.2) is 0 Å². The van der Waals surface area contributed by atoms with Gasteiger partial charge >= 0.3 is 6.18 Å². The average molecular weight is 285 g/mol. The van der Waals surface area contributed by atoms with E-state index in [1.807, 2.05) is 18.2 Å².